The predicted octanol–water partition coefficient (Wildman–Crippen LogP) is 6.79. The summed E-state index contributed by atoms with van der Waals surface area (Å²) >= 11 is 0. The second-order valence-electron chi connectivity index (χ2n) is 12.5. The number of fused-ring (bicyclic) bond motifs is 5. The van der Waals surface area contributed by atoms with Crippen molar-refractivity contribution in [3.63, 3.8) is 0 Å². The molecule has 4 fully saturated rings. The summed E-state index contributed by atoms with van der Waals surface area (Å²) in [5.74, 6) is 4.42. The molecule has 0 aromatic rings. The Morgan fingerprint density at radius 3 is 2.41 bits per heavy atom. The SMILES string of the molecule is CC(C)CCC[C@@H](C)[C@@H]1CC[C@@H]2[C@@H]3CC(=O)[C@@]4(O)CCCC[C@]4(C)[C@@H]3CC[C@@]21C. The van der Waals surface area contributed by atoms with Gasteiger partial charge in [-0.05, 0) is 79.4 Å². The summed E-state index contributed by atoms with van der Waals surface area (Å²) in [5, 5.41) is 11.5. The molecule has 29 heavy (non-hydrogen) atoms. The fraction of sp³-hybridized carbons (Fsp3) is 0.963. The fourth-order valence-electron chi connectivity index (χ4n) is 9.09. The van der Waals surface area contributed by atoms with Gasteiger partial charge in [0.25, 0.3) is 0 Å². The van der Waals surface area contributed by atoms with Gasteiger partial charge in [-0.15, -0.1) is 0 Å². The zero-order valence-corrected chi connectivity index (χ0v) is 19.8. The number of ketones is 1. The molecule has 0 aliphatic heterocycles. The highest BCUT2D eigenvalue weighted by Crippen LogP contribution is 2.68. The molecule has 4 saturated carbocycles. The van der Waals surface area contributed by atoms with Gasteiger partial charge < -0.3 is 5.11 Å². The summed E-state index contributed by atoms with van der Waals surface area (Å²) in [7, 11) is 0. The third-order valence-electron chi connectivity index (χ3n) is 10.8. The van der Waals surface area contributed by atoms with E-state index in [1.807, 2.05) is 0 Å². The third-order valence-corrected chi connectivity index (χ3v) is 10.8. The molecule has 0 spiro atoms. The van der Waals surface area contributed by atoms with Crippen molar-refractivity contribution in [2.45, 2.75) is 117 Å². The van der Waals surface area contributed by atoms with Gasteiger partial charge in [-0.25, -0.2) is 0 Å². The van der Waals surface area contributed by atoms with Crippen molar-refractivity contribution in [2.75, 3.05) is 0 Å². The Balaban J connectivity index is 1.53. The molecule has 8 atom stereocenters. The maximum Gasteiger partial charge on any atom is 0.165 e. The van der Waals surface area contributed by atoms with E-state index in [-0.39, 0.29) is 11.2 Å². The molecule has 2 heteroatoms. The summed E-state index contributed by atoms with van der Waals surface area (Å²) in [6, 6.07) is 0. The number of carbonyl (C=O) groups excluding carboxylic acids is 1. The molecule has 0 saturated heterocycles. The number of carbonyl (C=O) groups is 1. The van der Waals surface area contributed by atoms with Crippen molar-refractivity contribution < 1.29 is 9.90 Å². The van der Waals surface area contributed by atoms with Gasteiger partial charge in [-0.1, -0.05) is 66.7 Å². The van der Waals surface area contributed by atoms with Crippen LogP contribution in [-0.2, 0) is 4.79 Å². The molecule has 0 radical (unpaired) electrons. The molecule has 166 valence electrons. The van der Waals surface area contributed by atoms with Crippen LogP contribution in [0.25, 0.3) is 0 Å². The van der Waals surface area contributed by atoms with Gasteiger partial charge in [-0.2, -0.15) is 0 Å². The van der Waals surface area contributed by atoms with Gasteiger partial charge in [0.2, 0.25) is 0 Å². The van der Waals surface area contributed by atoms with Gasteiger partial charge >= 0.3 is 0 Å². The average Bonchev–Trinajstić information content (AvgIpc) is 3.01. The van der Waals surface area contributed by atoms with Crippen molar-refractivity contribution >= 4 is 5.78 Å². The minimum absolute atomic E-state index is 0.173. The Labute approximate surface area is 179 Å². The van der Waals surface area contributed by atoms with Crippen molar-refractivity contribution in [1.82, 2.24) is 0 Å². The summed E-state index contributed by atoms with van der Waals surface area (Å²) in [4.78, 5) is 13.3. The van der Waals surface area contributed by atoms with E-state index in [1.165, 1.54) is 51.4 Å². The van der Waals surface area contributed by atoms with Crippen LogP contribution in [0.15, 0.2) is 0 Å². The molecule has 0 unspecified atom stereocenters. The molecular formula is C27H46O2. The van der Waals surface area contributed by atoms with Crippen LogP contribution >= 0.6 is 0 Å². The highest BCUT2D eigenvalue weighted by atomic mass is 16.3. The van der Waals surface area contributed by atoms with E-state index < -0.39 is 5.60 Å². The molecule has 0 amide bonds. The summed E-state index contributed by atoms with van der Waals surface area (Å²) in [5.41, 5.74) is -0.783. The predicted molar refractivity (Wildman–Crippen MR) is 120 cm³/mol. The molecule has 4 rings (SSSR count). The van der Waals surface area contributed by atoms with Gasteiger partial charge in [-0.3, -0.25) is 4.79 Å². The lowest BCUT2D eigenvalue weighted by Gasteiger charge is -2.62. The monoisotopic (exact) mass is 402 g/mol. The molecular weight excluding hydrogens is 356 g/mol. The number of Topliss-reactive ketones (excluding diaryl/α,β-unsaturated/α-hetero) is 1. The van der Waals surface area contributed by atoms with Crippen molar-refractivity contribution in [3.05, 3.63) is 0 Å². The molecule has 0 aromatic heterocycles. The molecule has 0 aromatic carbocycles. The maximum absolute atomic E-state index is 13.3. The van der Waals surface area contributed by atoms with Crippen LogP contribution in [0.3, 0.4) is 0 Å². The maximum atomic E-state index is 13.3. The van der Waals surface area contributed by atoms with Gasteiger partial charge in [0, 0.05) is 11.8 Å². The molecule has 4 aliphatic rings. The van der Waals surface area contributed by atoms with E-state index in [9.17, 15) is 9.90 Å². The Morgan fingerprint density at radius 2 is 1.69 bits per heavy atom. The first-order valence-electron chi connectivity index (χ1n) is 12.9. The van der Waals surface area contributed by atoms with Crippen LogP contribution in [0.1, 0.15) is 112 Å². The quantitative estimate of drug-likeness (QED) is 0.549. The molecule has 0 heterocycles. The first kappa shape index (κ1) is 21.8. The van der Waals surface area contributed by atoms with Crippen LogP contribution < -0.4 is 0 Å². The number of hydrogen-bond acceptors (Lipinski definition) is 2. The van der Waals surface area contributed by atoms with E-state index in [0.29, 0.717) is 36.0 Å². The van der Waals surface area contributed by atoms with E-state index in [2.05, 4.69) is 34.6 Å². The normalized spacial score (nSPS) is 48.2. The molecule has 2 nitrogen and oxygen atoms in total. The van der Waals surface area contributed by atoms with E-state index in [1.54, 1.807) is 0 Å². The third kappa shape index (κ3) is 3.26. The lowest BCUT2D eigenvalue weighted by Crippen LogP contribution is -2.65. The zero-order chi connectivity index (χ0) is 21.0. The Kier molecular flexibility index (Phi) is 5.76. The van der Waals surface area contributed by atoms with E-state index in [0.717, 1.165) is 30.6 Å². The minimum Gasteiger partial charge on any atom is -0.381 e. The first-order chi connectivity index (χ1) is 13.6. The Hall–Kier alpha value is -0.370. The van der Waals surface area contributed by atoms with Crippen LogP contribution in [0.2, 0.25) is 0 Å². The van der Waals surface area contributed by atoms with Crippen LogP contribution in [0, 0.1) is 46.3 Å². The Morgan fingerprint density at radius 1 is 0.966 bits per heavy atom. The lowest BCUT2D eigenvalue weighted by molar-refractivity contribution is -0.203. The highest BCUT2D eigenvalue weighted by Gasteiger charge is 2.66. The topological polar surface area (TPSA) is 37.3 Å². The second-order valence-corrected chi connectivity index (χ2v) is 12.5. The summed E-state index contributed by atoms with van der Waals surface area (Å²) < 4.78 is 0. The molecule has 4 aliphatic carbocycles. The van der Waals surface area contributed by atoms with Crippen molar-refractivity contribution in [3.8, 4) is 0 Å². The smallest absolute Gasteiger partial charge is 0.165 e. The van der Waals surface area contributed by atoms with E-state index in [4.69, 9.17) is 0 Å². The van der Waals surface area contributed by atoms with Crippen LogP contribution in [-0.4, -0.2) is 16.5 Å². The number of aliphatic hydroxyl groups is 1. The van der Waals surface area contributed by atoms with Gasteiger partial charge in [0.15, 0.2) is 5.78 Å². The number of hydrogen-bond donors (Lipinski definition) is 1. The van der Waals surface area contributed by atoms with Gasteiger partial charge in [0.05, 0.1) is 0 Å². The molecule has 0 bridgehead atoms. The summed E-state index contributed by atoms with van der Waals surface area (Å²) in [6.45, 7) is 12.1. The van der Waals surface area contributed by atoms with Crippen LogP contribution in [0.5, 0.6) is 0 Å². The van der Waals surface area contributed by atoms with Crippen LogP contribution in [0.4, 0.5) is 0 Å². The van der Waals surface area contributed by atoms with Crippen molar-refractivity contribution in [2.24, 2.45) is 46.3 Å². The first-order valence-corrected chi connectivity index (χ1v) is 12.9. The summed E-state index contributed by atoms with van der Waals surface area (Å²) in [6.07, 6.45) is 14.0. The fourth-order valence-corrected chi connectivity index (χ4v) is 9.09. The largest absolute Gasteiger partial charge is 0.381 e. The van der Waals surface area contributed by atoms with E-state index >= 15 is 0 Å². The lowest BCUT2D eigenvalue weighted by atomic mass is 9.43. The standard InChI is InChI=1S/C27H46O2/c1-18(2)9-8-10-19(3)21-11-12-22-20-17-24(28)27(29)15-7-6-14-26(27,5)23(20)13-16-25(21,22)4/h18-23,29H,6-17H2,1-5H3/t19-,20+,21+,22-,23-,25-,26-,27+/m1/s1. The van der Waals surface area contributed by atoms with Crippen molar-refractivity contribution in [1.29, 1.82) is 0 Å². The second kappa shape index (κ2) is 7.64. The highest BCUT2D eigenvalue weighted by molar-refractivity contribution is 5.89. The molecule has 1 N–H and O–H groups in total. The average molecular weight is 403 g/mol. The number of rotatable bonds is 5. The minimum atomic E-state index is -1.03. The Bertz CT molecular complexity index is 626. The van der Waals surface area contributed by atoms with Gasteiger partial charge in [0.1, 0.15) is 5.60 Å². The zero-order valence-electron chi connectivity index (χ0n) is 19.8.